The number of carbonyl (C=O) groups is 3. The summed E-state index contributed by atoms with van der Waals surface area (Å²) >= 11 is 0. The SMILES string of the molecule is Cc1ccc(NC(=O)N2CCN(c3ccc(NC(=O)C4CC4)cc3C(=O)N3CCOCC3)CC2)cc1. The Morgan fingerprint density at radius 2 is 1.47 bits per heavy atom. The highest BCUT2D eigenvalue weighted by molar-refractivity contribution is 6.02. The average molecular weight is 492 g/mol. The Labute approximate surface area is 211 Å². The van der Waals surface area contributed by atoms with Crippen molar-refractivity contribution in [2.45, 2.75) is 19.8 Å². The third kappa shape index (κ3) is 5.62. The highest BCUT2D eigenvalue weighted by atomic mass is 16.5. The number of nitrogens with zero attached hydrogens (tertiary/aromatic N) is 3. The molecule has 3 fully saturated rings. The molecule has 9 nitrogen and oxygen atoms in total. The minimum Gasteiger partial charge on any atom is -0.378 e. The molecule has 5 rings (SSSR count). The molecule has 2 aromatic carbocycles. The van der Waals surface area contributed by atoms with Gasteiger partial charge >= 0.3 is 6.03 Å². The fourth-order valence-electron chi connectivity index (χ4n) is 4.58. The Morgan fingerprint density at radius 1 is 0.806 bits per heavy atom. The average Bonchev–Trinajstić information content (AvgIpc) is 3.76. The topological polar surface area (TPSA) is 94.2 Å². The lowest BCUT2D eigenvalue weighted by Crippen LogP contribution is -2.50. The first-order valence-electron chi connectivity index (χ1n) is 12.7. The summed E-state index contributed by atoms with van der Waals surface area (Å²) in [5.74, 6) is 0.0401. The second kappa shape index (κ2) is 10.6. The van der Waals surface area contributed by atoms with Gasteiger partial charge < -0.3 is 30.1 Å². The van der Waals surface area contributed by atoms with Crippen LogP contribution in [0.15, 0.2) is 42.5 Å². The molecule has 36 heavy (non-hydrogen) atoms. The summed E-state index contributed by atoms with van der Waals surface area (Å²) in [4.78, 5) is 44.3. The normalized spacial score (nSPS) is 18.1. The van der Waals surface area contributed by atoms with E-state index in [-0.39, 0.29) is 23.8 Å². The molecule has 3 aliphatic rings. The Kier molecular flexibility index (Phi) is 7.09. The number of nitrogens with one attached hydrogen (secondary N) is 2. The number of hydrogen-bond acceptors (Lipinski definition) is 5. The summed E-state index contributed by atoms with van der Waals surface area (Å²) in [7, 11) is 0. The second-order valence-electron chi connectivity index (χ2n) is 9.67. The van der Waals surface area contributed by atoms with Crippen molar-refractivity contribution in [3.05, 3.63) is 53.6 Å². The molecule has 2 aromatic rings. The maximum Gasteiger partial charge on any atom is 0.321 e. The van der Waals surface area contributed by atoms with Gasteiger partial charge in [0.2, 0.25) is 5.91 Å². The van der Waals surface area contributed by atoms with E-state index in [1.165, 1.54) is 0 Å². The summed E-state index contributed by atoms with van der Waals surface area (Å²) in [6.45, 7) is 6.45. The quantitative estimate of drug-likeness (QED) is 0.670. The summed E-state index contributed by atoms with van der Waals surface area (Å²) in [5, 5.41) is 5.93. The fourth-order valence-corrected chi connectivity index (χ4v) is 4.58. The van der Waals surface area contributed by atoms with Crippen LogP contribution in [0.25, 0.3) is 0 Å². The van der Waals surface area contributed by atoms with E-state index >= 15 is 0 Å². The smallest absolute Gasteiger partial charge is 0.321 e. The number of hydrogen-bond donors (Lipinski definition) is 2. The molecule has 9 heteroatoms. The van der Waals surface area contributed by atoms with Crippen LogP contribution < -0.4 is 15.5 Å². The Hall–Kier alpha value is -3.59. The standard InChI is InChI=1S/C27H33N5O4/c1-19-2-6-21(7-3-19)29-27(35)32-12-10-30(11-13-32)24-9-8-22(28-25(33)20-4-5-20)18-23(24)26(34)31-14-16-36-17-15-31/h2-3,6-9,18,20H,4-5,10-17H2,1H3,(H,28,33)(H,29,35). The highest BCUT2D eigenvalue weighted by Gasteiger charge is 2.31. The lowest BCUT2D eigenvalue weighted by Gasteiger charge is -2.37. The summed E-state index contributed by atoms with van der Waals surface area (Å²) < 4.78 is 5.42. The number of anilines is 3. The van der Waals surface area contributed by atoms with E-state index in [0.717, 1.165) is 29.8 Å². The number of benzene rings is 2. The molecular weight excluding hydrogens is 458 g/mol. The van der Waals surface area contributed by atoms with Crippen LogP contribution in [0.2, 0.25) is 0 Å². The zero-order chi connectivity index (χ0) is 25.1. The predicted octanol–water partition coefficient (Wildman–Crippen LogP) is 3.17. The molecule has 2 N–H and O–H groups in total. The number of ether oxygens (including phenoxy) is 1. The molecule has 0 aromatic heterocycles. The van der Waals surface area contributed by atoms with Crippen molar-refractivity contribution in [1.82, 2.24) is 9.80 Å². The number of urea groups is 1. The molecule has 2 heterocycles. The van der Waals surface area contributed by atoms with Gasteiger partial charge in [-0.15, -0.1) is 0 Å². The zero-order valence-electron chi connectivity index (χ0n) is 20.7. The molecule has 0 radical (unpaired) electrons. The molecule has 1 saturated carbocycles. The third-order valence-electron chi connectivity index (χ3n) is 6.95. The van der Waals surface area contributed by atoms with E-state index in [4.69, 9.17) is 4.74 Å². The first kappa shape index (κ1) is 24.1. The van der Waals surface area contributed by atoms with Crippen molar-refractivity contribution in [1.29, 1.82) is 0 Å². The number of carbonyl (C=O) groups excluding carboxylic acids is 3. The predicted molar refractivity (Wildman–Crippen MR) is 139 cm³/mol. The molecule has 0 unspecified atom stereocenters. The molecular formula is C27H33N5O4. The fraction of sp³-hybridized carbons (Fsp3) is 0.444. The van der Waals surface area contributed by atoms with Gasteiger partial charge in [-0.3, -0.25) is 9.59 Å². The Morgan fingerprint density at radius 3 is 2.14 bits per heavy atom. The molecule has 0 atom stereocenters. The summed E-state index contributed by atoms with van der Waals surface area (Å²) in [5.41, 5.74) is 3.96. The van der Waals surface area contributed by atoms with Gasteiger partial charge in [0.05, 0.1) is 18.8 Å². The molecule has 2 saturated heterocycles. The Balaban J connectivity index is 1.29. The lowest BCUT2D eigenvalue weighted by molar-refractivity contribution is -0.117. The van der Waals surface area contributed by atoms with E-state index < -0.39 is 0 Å². The van der Waals surface area contributed by atoms with Gasteiger partial charge in [0.25, 0.3) is 5.91 Å². The Bertz CT molecular complexity index is 1120. The van der Waals surface area contributed by atoms with E-state index in [2.05, 4.69) is 15.5 Å². The van der Waals surface area contributed by atoms with Gasteiger partial charge in [-0.25, -0.2) is 4.79 Å². The van der Waals surface area contributed by atoms with Crippen LogP contribution in [0.5, 0.6) is 0 Å². The van der Waals surface area contributed by atoms with Gasteiger partial charge in [-0.2, -0.15) is 0 Å². The van der Waals surface area contributed by atoms with Crippen molar-refractivity contribution < 1.29 is 19.1 Å². The monoisotopic (exact) mass is 491 g/mol. The minimum atomic E-state index is -0.124. The van der Waals surface area contributed by atoms with Crippen LogP contribution in [0.4, 0.5) is 21.9 Å². The lowest BCUT2D eigenvalue weighted by atomic mass is 10.1. The van der Waals surface area contributed by atoms with Gasteiger partial charge in [0.1, 0.15) is 0 Å². The summed E-state index contributed by atoms with van der Waals surface area (Å²) in [6.07, 6.45) is 1.84. The van der Waals surface area contributed by atoms with Crippen molar-refractivity contribution in [3.63, 3.8) is 0 Å². The summed E-state index contributed by atoms with van der Waals surface area (Å²) in [6, 6.07) is 13.2. The maximum absolute atomic E-state index is 13.5. The van der Waals surface area contributed by atoms with Crippen molar-refractivity contribution >= 4 is 34.9 Å². The van der Waals surface area contributed by atoms with Gasteiger partial charge in [-0.1, -0.05) is 17.7 Å². The molecule has 1 aliphatic carbocycles. The largest absolute Gasteiger partial charge is 0.378 e. The van der Waals surface area contributed by atoms with Crippen molar-refractivity contribution in [3.8, 4) is 0 Å². The van der Waals surface area contributed by atoms with Crippen LogP contribution in [0.1, 0.15) is 28.8 Å². The number of aryl methyl sites for hydroxylation is 1. The molecule has 0 spiro atoms. The number of rotatable bonds is 5. The first-order valence-corrected chi connectivity index (χ1v) is 12.7. The van der Waals surface area contributed by atoms with Gasteiger partial charge in [-0.05, 0) is 50.1 Å². The highest BCUT2D eigenvalue weighted by Crippen LogP contribution is 2.32. The van der Waals surface area contributed by atoms with E-state index in [0.29, 0.717) is 63.7 Å². The minimum absolute atomic E-state index is 0.0146. The van der Waals surface area contributed by atoms with E-state index in [1.54, 1.807) is 15.9 Å². The van der Waals surface area contributed by atoms with Gasteiger partial charge in [0.15, 0.2) is 0 Å². The van der Waals surface area contributed by atoms with Crippen molar-refractivity contribution in [2.75, 3.05) is 68.0 Å². The third-order valence-corrected chi connectivity index (χ3v) is 6.95. The maximum atomic E-state index is 13.5. The van der Waals surface area contributed by atoms with Crippen molar-refractivity contribution in [2.24, 2.45) is 5.92 Å². The number of piperazine rings is 1. The van der Waals surface area contributed by atoms with Crippen LogP contribution >= 0.6 is 0 Å². The van der Waals surface area contributed by atoms with Gasteiger partial charge in [0, 0.05) is 62.2 Å². The first-order chi connectivity index (χ1) is 17.5. The van der Waals surface area contributed by atoms with E-state index in [1.807, 2.05) is 43.3 Å². The molecule has 190 valence electrons. The number of morpholine rings is 1. The van der Waals surface area contributed by atoms with Crippen LogP contribution in [-0.2, 0) is 9.53 Å². The zero-order valence-corrected chi connectivity index (χ0v) is 20.7. The molecule has 0 bridgehead atoms. The second-order valence-corrected chi connectivity index (χ2v) is 9.67. The molecule has 4 amide bonds. The van der Waals surface area contributed by atoms with Crippen LogP contribution in [-0.4, -0.2) is 80.1 Å². The van der Waals surface area contributed by atoms with Crippen LogP contribution in [0.3, 0.4) is 0 Å². The van der Waals surface area contributed by atoms with E-state index in [9.17, 15) is 14.4 Å². The molecule has 2 aliphatic heterocycles. The van der Waals surface area contributed by atoms with Crippen LogP contribution in [0, 0.1) is 12.8 Å². The number of amides is 4.